The third kappa shape index (κ3) is 1.80. The van der Waals surface area contributed by atoms with Crippen molar-refractivity contribution in [3.63, 3.8) is 0 Å². The molecule has 5 heteroatoms. The molecule has 1 rings (SSSR count). The van der Waals surface area contributed by atoms with Gasteiger partial charge in [0.1, 0.15) is 0 Å². The highest BCUT2D eigenvalue weighted by atomic mass is 16.5. The highest BCUT2D eigenvalue weighted by Crippen LogP contribution is 2.17. The van der Waals surface area contributed by atoms with Crippen molar-refractivity contribution < 1.29 is 4.74 Å². The lowest BCUT2D eigenvalue weighted by molar-refractivity contribution is 0.406. The van der Waals surface area contributed by atoms with Crippen LogP contribution in [0.3, 0.4) is 0 Å². The zero-order valence-electron chi connectivity index (χ0n) is 8.00. The Morgan fingerprint density at radius 3 is 2.92 bits per heavy atom. The highest BCUT2D eigenvalue weighted by molar-refractivity contribution is 5.49. The summed E-state index contributed by atoms with van der Waals surface area (Å²) in [5.41, 5.74) is -0.257. The second kappa shape index (κ2) is 3.93. The molecule has 1 aromatic rings. The number of nitrogens with zero attached hydrogens (tertiary/aromatic N) is 2. The summed E-state index contributed by atoms with van der Waals surface area (Å²) in [5, 5.41) is 0. The topological polar surface area (TPSA) is 58.2 Å². The van der Waals surface area contributed by atoms with E-state index in [1.54, 1.807) is 0 Å². The van der Waals surface area contributed by atoms with Crippen LogP contribution in [0.15, 0.2) is 11.1 Å². The maximum absolute atomic E-state index is 11.2. The lowest BCUT2D eigenvalue weighted by Gasteiger charge is -2.16. The fraction of sp³-hybridized carbons (Fsp3) is 0.500. The predicted octanol–water partition coefficient (Wildman–Crippen LogP) is 0.235. The van der Waals surface area contributed by atoms with E-state index in [0.717, 1.165) is 6.54 Å². The number of methoxy groups -OCH3 is 1. The molecule has 0 spiro atoms. The van der Waals surface area contributed by atoms with Gasteiger partial charge in [-0.2, -0.15) is 0 Å². The minimum Gasteiger partial charge on any atom is -0.489 e. The van der Waals surface area contributed by atoms with E-state index in [9.17, 15) is 4.79 Å². The molecule has 0 aliphatic carbocycles. The van der Waals surface area contributed by atoms with E-state index >= 15 is 0 Å². The normalized spacial score (nSPS) is 9.77. The minimum atomic E-state index is -0.257. The monoisotopic (exact) mass is 183 g/mol. The van der Waals surface area contributed by atoms with E-state index in [0.29, 0.717) is 5.82 Å². The Balaban J connectivity index is 3.20. The summed E-state index contributed by atoms with van der Waals surface area (Å²) in [5.74, 6) is 0.820. The molecular formula is C8H13N3O2. The molecule has 1 heterocycles. The Morgan fingerprint density at radius 1 is 1.69 bits per heavy atom. The number of anilines is 1. The Hall–Kier alpha value is -1.52. The van der Waals surface area contributed by atoms with E-state index in [1.165, 1.54) is 13.4 Å². The average molecular weight is 183 g/mol. The second-order valence-corrected chi connectivity index (χ2v) is 2.60. The highest BCUT2D eigenvalue weighted by Gasteiger charge is 2.11. The molecule has 0 aliphatic heterocycles. The van der Waals surface area contributed by atoms with E-state index in [-0.39, 0.29) is 11.3 Å². The number of nitrogens with one attached hydrogen (secondary N) is 1. The van der Waals surface area contributed by atoms with E-state index < -0.39 is 0 Å². The van der Waals surface area contributed by atoms with Crippen molar-refractivity contribution in [2.45, 2.75) is 6.92 Å². The molecule has 0 amide bonds. The lowest BCUT2D eigenvalue weighted by Crippen LogP contribution is -2.22. The molecule has 0 unspecified atom stereocenters. The van der Waals surface area contributed by atoms with Gasteiger partial charge >= 0.3 is 0 Å². The Bertz CT molecular complexity index is 334. The summed E-state index contributed by atoms with van der Waals surface area (Å²) in [6, 6.07) is 0. The molecule has 0 fully saturated rings. The van der Waals surface area contributed by atoms with E-state index in [1.807, 2.05) is 18.9 Å². The van der Waals surface area contributed by atoms with Gasteiger partial charge < -0.3 is 14.6 Å². The molecule has 0 bridgehead atoms. The summed E-state index contributed by atoms with van der Waals surface area (Å²) < 4.78 is 4.95. The van der Waals surface area contributed by atoms with Gasteiger partial charge in [0.2, 0.25) is 5.75 Å². The Kier molecular flexibility index (Phi) is 2.89. The summed E-state index contributed by atoms with van der Waals surface area (Å²) in [6.45, 7) is 2.75. The molecule has 0 aliphatic rings. The summed E-state index contributed by atoms with van der Waals surface area (Å²) in [7, 11) is 3.31. The second-order valence-electron chi connectivity index (χ2n) is 2.60. The SMILES string of the molecule is CCN(C)c1nc[nH]c(=O)c1OC. The van der Waals surface area contributed by atoms with Gasteiger partial charge in [0.25, 0.3) is 5.56 Å². The van der Waals surface area contributed by atoms with Crippen LogP contribution in [0.4, 0.5) is 5.82 Å². The van der Waals surface area contributed by atoms with Crippen LogP contribution >= 0.6 is 0 Å². The summed E-state index contributed by atoms with van der Waals surface area (Å²) >= 11 is 0. The van der Waals surface area contributed by atoms with Gasteiger partial charge in [0, 0.05) is 13.6 Å². The van der Waals surface area contributed by atoms with Gasteiger partial charge in [-0.05, 0) is 6.92 Å². The van der Waals surface area contributed by atoms with E-state index in [2.05, 4.69) is 9.97 Å². The van der Waals surface area contributed by atoms with Crippen molar-refractivity contribution in [2.75, 3.05) is 25.6 Å². The maximum Gasteiger partial charge on any atom is 0.295 e. The van der Waals surface area contributed by atoms with Crippen LogP contribution in [0.1, 0.15) is 6.92 Å². The fourth-order valence-corrected chi connectivity index (χ4v) is 0.983. The van der Waals surface area contributed by atoms with Crippen LogP contribution in [0.2, 0.25) is 0 Å². The molecule has 72 valence electrons. The third-order valence-corrected chi connectivity index (χ3v) is 1.83. The standard InChI is InChI=1S/C8H13N3O2/c1-4-11(2)7-6(13-3)8(12)10-5-9-7/h5H,4H2,1-3H3,(H,9,10,12). The molecule has 0 atom stereocenters. The van der Waals surface area contributed by atoms with Crippen molar-refractivity contribution >= 4 is 5.82 Å². The molecule has 5 nitrogen and oxygen atoms in total. The van der Waals surface area contributed by atoms with Crippen LogP contribution in [0.25, 0.3) is 0 Å². The number of rotatable bonds is 3. The Labute approximate surface area is 76.4 Å². The first-order valence-electron chi connectivity index (χ1n) is 4.03. The predicted molar refractivity (Wildman–Crippen MR) is 50.4 cm³/mol. The average Bonchev–Trinajstić information content (AvgIpc) is 2.16. The molecule has 13 heavy (non-hydrogen) atoms. The zero-order chi connectivity index (χ0) is 9.84. The first-order chi connectivity index (χ1) is 6.20. The van der Waals surface area contributed by atoms with Crippen LogP contribution in [-0.2, 0) is 0 Å². The molecular weight excluding hydrogens is 170 g/mol. The maximum atomic E-state index is 11.2. The van der Waals surface area contributed by atoms with Gasteiger partial charge in [-0.25, -0.2) is 4.98 Å². The van der Waals surface area contributed by atoms with Crippen LogP contribution in [0.5, 0.6) is 5.75 Å². The number of H-pyrrole nitrogens is 1. The number of ether oxygens (including phenoxy) is 1. The van der Waals surface area contributed by atoms with Gasteiger partial charge in [-0.3, -0.25) is 4.79 Å². The van der Waals surface area contributed by atoms with Crippen molar-refractivity contribution in [2.24, 2.45) is 0 Å². The van der Waals surface area contributed by atoms with Gasteiger partial charge in [-0.1, -0.05) is 0 Å². The van der Waals surface area contributed by atoms with Crippen molar-refractivity contribution in [3.05, 3.63) is 16.7 Å². The number of hydrogen-bond acceptors (Lipinski definition) is 4. The smallest absolute Gasteiger partial charge is 0.295 e. The molecule has 0 saturated carbocycles. The lowest BCUT2D eigenvalue weighted by atomic mass is 10.4. The van der Waals surface area contributed by atoms with Crippen molar-refractivity contribution in [3.8, 4) is 5.75 Å². The molecule has 0 aromatic carbocycles. The summed E-state index contributed by atoms with van der Waals surface area (Å²) in [6.07, 6.45) is 1.37. The minimum absolute atomic E-state index is 0.256. The fourth-order valence-electron chi connectivity index (χ4n) is 0.983. The third-order valence-electron chi connectivity index (χ3n) is 1.83. The largest absolute Gasteiger partial charge is 0.489 e. The molecule has 0 radical (unpaired) electrons. The molecule has 0 saturated heterocycles. The number of aromatic nitrogens is 2. The summed E-state index contributed by atoms with van der Waals surface area (Å²) in [4.78, 5) is 19.6. The quantitative estimate of drug-likeness (QED) is 0.729. The Morgan fingerprint density at radius 2 is 2.38 bits per heavy atom. The molecule has 1 N–H and O–H groups in total. The van der Waals surface area contributed by atoms with Crippen LogP contribution < -0.4 is 15.2 Å². The van der Waals surface area contributed by atoms with Gasteiger partial charge in [-0.15, -0.1) is 0 Å². The van der Waals surface area contributed by atoms with Gasteiger partial charge in [0.15, 0.2) is 5.82 Å². The van der Waals surface area contributed by atoms with Gasteiger partial charge in [0.05, 0.1) is 13.4 Å². The number of hydrogen-bond donors (Lipinski definition) is 1. The van der Waals surface area contributed by atoms with E-state index in [4.69, 9.17) is 4.74 Å². The number of aromatic amines is 1. The molecule has 1 aromatic heterocycles. The first-order valence-corrected chi connectivity index (χ1v) is 4.03. The van der Waals surface area contributed by atoms with Crippen LogP contribution in [-0.4, -0.2) is 30.7 Å². The van der Waals surface area contributed by atoms with Crippen molar-refractivity contribution in [1.82, 2.24) is 9.97 Å². The van der Waals surface area contributed by atoms with Crippen LogP contribution in [0, 0.1) is 0 Å². The first kappa shape index (κ1) is 9.57. The zero-order valence-corrected chi connectivity index (χ0v) is 8.00. The van der Waals surface area contributed by atoms with Crippen molar-refractivity contribution in [1.29, 1.82) is 0 Å².